The van der Waals surface area contributed by atoms with Gasteiger partial charge in [-0.15, -0.1) is 0 Å². The van der Waals surface area contributed by atoms with Gasteiger partial charge in [0.25, 0.3) is 0 Å². The number of amides is 1. The van der Waals surface area contributed by atoms with Crippen molar-refractivity contribution in [3.8, 4) is 0 Å². The van der Waals surface area contributed by atoms with Crippen LogP contribution in [0.5, 0.6) is 0 Å². The molecule has 12 nitrogen and oxygen atoms in total. The number of nitrogens with one attached hydrogen (secondary N) is 1. The van der Waals surface area contributed by atoms with Crippen molar-refractivity contribution in [1.29, 1.82) is 0 Å². The minimum absolute atomic E-state index is 0.0182. The summed E-state index contributed by atoms with van der Waals surface area (Å²) in [7, 11) is -5.28. The third-order valence-corrected chi connectivity index (χ3v) is 3.61. The number of aliphatic hydroxyl groups is 2. The molecular formula is C11H14N3O9P-2. The zero-order valence-electron chi connectivity index (χ0n) is 12.3. The number of carbonyl (C=O) groups excluding carboxylic acids is 1. The summed E-state index contributed by atoms with van der Waals surface area (Å²) in [5.74, 6) is -0.459. The Labute approximate surface area is 134 Å². The molecule has 1 aliphatic heterocycles. The summed E-state index contributed by atoms with van der Waals surface area (Å²) >= 11 is 0. The maximum Gasteiger partial charge on any atom is 0.351 e. The summed E-state index contributed by atoms with van der Waals surface area (Å²) in [5, 5.41) is 22.0. The van der Waals surface area contributed by atoms with E-state index in [1.807, 2.05) is 0 Å². The van der Waals surface area contributed by atoms with E-state index >= 15 is 0 Å². The van der Waals surface area contributed by atoms with Crippen molar-refractivity contribution in [3.05, 3.63) is 22.7 Å². The number of nitrogens with zero attached hydrogens (tertiary/aromatic N) is 2. The molecule has 0 aromatic carbocycles. The lowest BCUT2D eigenvalue weighted by Crippen LogP contribution is -2.36. The van der Waals surface area contributed by atoms with Crippen molar-refractivity contribution in [2.45, 2.75) is 31.5 Å². The molecule has 3 N–H and O–H groups in total. The van der Waals surface area contributed by atoms with Gasteiger partial charge in [0.15, 0.2) is 6.23 Å². The van der Waals surface area contributed by atoms with Gasteiger partial charge >= 0.3 is 5.69 Å². The zero-order chi connectivity index (χ0) is 18.1. The van der Waals surface area contributed by atoms with Crippen LogP contribution in [0.2, 0.25) is 0 Å². The van der Waals surface area contributed by atoms with Crippen LogP contribution in [0.3, 0.4) is 0 Å². The molecule has 2 rings (SSSR count). The minimum Gasteiger partial charge on any atom is -0.790 e. The number of aromatic nitrogens is 2. The molecule has 1 aromatic rings. The van der Waals surface area contributed by atoms with Crippen LogP contribution in [0.4, 0.5) is 5.82 Å². The van der Waals surface area contributed by atoms with Crippen LogP contribution in [0.1, 0.15) is 13.2 Å². The Balaban J connectivity index is 2.16. The average molecular weight is 363 g/mol. The van der Waals surface area contributed by atoms with Crippen LogP contribution in [0.25, 0.3) is 0 Å². The summed E-state index contributed by atoms with van der Waals surface area (Å²) in [4.78, 5) is 47.3. The molecule has 0 aliphatic carbocycles. The van der Waals surface area contributed by atoms with Gasteiger partial charge in [0.05, 0.1) is 14.4 Å². The van der Waals surface area contributed by atoms with E-state index in [-0.39, 0.29) is 5.82 Å². The Morgan fingerprint density at radius 2 is 2.17 bits per heavy atom. The number of anilines is 1. The van der Waals surface area contributed by atoms with Gasteiger partial charge in [0.1, 0.15) is 24.1 Å². The maximum absolute atomic E-state index is 11.9. The third kappa shape index (κ3) is 4.45. The van der Waals surface area contributed by atoms with Crippen LogP contribution >= 0.6 is 7.82 Å². The second kappa shape index (κ2) is 7.07. The average Bonchev–Trinajstić information content (AvgIpc) is 2.72. The van der Waals surface area contributed by atoms with Crippen molar-refractivity contribution in [3.63, 3.8) is 0 Å². The predicted octanol–water partition coefficient (Wildman–Crippen LogP) is -3.33. The first-order valence-corrected chi connectivity index (χ1v) is 8.09. The number of phosphoric ester groups is 1. The SMILES string of the molecule is CC(=O)Nc1ccn([C@@H]2O[C@H](COP(=O)([O-])[O-])[C@@H](O)[C@H]2O)c(=O)n1. The highest BCUT2D eigenvalue weighted by Gasteiger charge is 2.44. The molecule has 0 unspecified atom stereocenters. The smallest absolute Gasteiger partial charge is 0.351 e. The first-order valence-electron chi connectivity index (χ1n) is 6.63. The Bertz CT molecular complexity index is 717. The van der Waals surface area contributed by atoms with Crippen molar-refractivity contribution < 1.29 is 38.6 Å². The highest BCUT2D eigenvalue weighted by Crippen LogP contribution is 2.32. The predicted molar refractivity (Wildman–Crippen MR) is 72.3 cm³/mol. The third-order valence-electron chi connectivity index (χ3n) is 3.14. The van der Waals surface area contributed by atoms with Crippen LogP contribution in [-0.2, 0) is 18.6 Å². The van der Waals surface area contributed by atoms with E-state index in [1.165, 1.54) is 13.0 Å². The fourth-order valence-electron chi connectivity index (χ4n) is 2.12. The summed E-state index contributed by atoms with van der Waals surface area (Å²) in [6.45, 7) is 0.411. The van der Waals surface area contributed by atoms with E-state index in [0.29, 0.717) is 0 Å². The Morgan fingerprint density at radius 3 is 2.71 bits per heavy atom. The monoisotopic (exact) mass is 363 g/mol. The largest absolute Gasteiger partial charge is 0.790 e. The van der Waals surface area contributed by atoms with E-state index in [2.05, 4.69) is 14.8 Å². The highest BCUT2D eigenvalue weighted by molar-refractivity contribution is 7.43. The topological polar surface area (TPSA) is 186 Å². The van der Waals surface area contributed by atoms with Gasteiger partial charge in [-0.2, -0.15) is 4.98 Å². The van der Waals surface area contributed by atoms with Gasteiger partial charge in [-0.25, -0.2) is 4.79 Å². The lowest BCUT2D eigenvalue weighted by molar-refractivity contribution is -0.343. The normalized spacial score (nSPS) is 27.2. The lowest BCUT2D eigenvalue weighted by Gasteiger charge is -2.30. The summed E-state index contributed by atoms with van der Waals surface area (Å²) in [5.41, 5.74) is -0.891. The molecule has 4 atom stereocenters. The van der Waals surface area contributed by atoms with Crippen molar-refractivity contribution in [2.24, 2.45) is 0 Å². The van der Waals surface area contributed by atoms with Crippen LogP contribution in [-0.4, -0.2) is 50.6 Å². The van der Waals surface area contributed by atoms with Gasteiger partial charge in [0.2, 0.25) is 5.91 Å². The number of aliphatic hydroxyl groups excluding tert-OH is 2. The summed E-state index contributed by atoms with van der Waals surface area (Å²) in [6.07, 6.45) is -4.75. The Kier molecular flexibility index (Phi) is 5.50. The van der Waals surface area contributed by atoms with E-state index in [4.69, 9.17) is 4.74 Å². The number of hydrogen-bond donors (Lipinski definition) is 3. The highest BCUT2D eigenvalue weighted by atomic mass is 31.2. The summed E-state index contributed by atoms with van der Waals surface area (Å²) in [6, 6.07) is 1.26. The van der Waals surface area contributed by atoms with Gasteiger partial charge in [-0.1, -0.05) is 0 Å². The van der Waals surface area contributed by atoms with Gasteiger partial charge in [-0.05, 0) is 6.07 Å². The van der Waals surface area contributed by atoms with Crippen molar-refractivity contribution in [1.82, 2.24) is 9.55 Å². The standard InChI is InChI=1S/C11H16N3O9P/c1-5(15)12-7-2-3-14(11(18)13-7)10-9(17)8(16)6(23-10)4-22-24(19,20)21/h2-3,6,8-10,16-17H,4H2,1H3,(H2,19,20,21)(H,12,13,15,18)/p-2/t6-,8-,9-,10-/m1/s1. The molecule has 1 aromatic heterocycles. The molecule has 0 radical (unpaired) electrons. The van der Waals surface area contributed by atoms with Gasteiger partial charge in [0, 0.05) is 13.1 Å². The minimum atomic E-state index is -5.28. The maximum atomic E-state index is 11.9. The van der Waals surface area contributed by atoms with Gasteiger partial charge < -0.3 is 39.1 Å². The van der Waals surface area contributed by atoms with E-state index in [0.717, 1.165) is 10.8 Å². The number of phosphoric acid groups is 1. The van der Waals surface area contributed by atoms with E-state index in [1.54, 1.807) is 0 Å². The molecule has 13 heteroatoms. The number of rotatable bonds is 5. The molecule has 1 aliphatic rings. The zero-order valence-corrected chi connectivity index (χ0v) is 13.2. The quantitative estimate of drug-likeness (QED) is 0.446. The molecule has 134 valence electrons. The molecule has 0 saturated carbocycles. The second-order valence-corrected chi connectivity index (χ2v) is 6.13. The van der Waals surface area contributed by atoms with Crippen molar-refractivity contribution >= 4 is 19.5 Å². The summed E-state index contributed by atoms with van der Waals surface area (Å²) < 4.78 is 20.5. The van der Waals surface area contributed by atoms with Crippen LogP contribution in [0.15, 0.2) is 17.1 Å². The Hall–Kier alpha value is -1.66. The first-order chi connectivity index (χ1) is 11.1. The Morgan fingerprint density at radius 1 is 1.50 bits per heavy atom. The van der Waals surface area contributed by atoms with E-state index < -0.39 is 50.6 Å². The number of ether oxygens (including phenoxy) is 1. The molecule has 24 heavy (non-hydrogen) atoms. The van der Waals surface area contributed by atoms with Crippen LogP contribution in [0, 0.1) is 0 Å². The molecule has 0 spiro atoms. The number of carbonyl (C=O) groups is 1. The fraction of sp³-hybridized carbons (Fsp3) is 0.545. The number of hydrogen-bond acceptors (Lipinski definition) is 10. The molecule has 2 heterocycles. The molecule has 1 fully saturated rings. The lowest BCUT2D eigenvalue weighted by atomic mass is 10.1. The van der Waals surface area contributed by atoms with Crippen LogP contribution < -0.4 is 20.8 Å². The van der Waals surface area contributed by atoms with E-state index in [9.17, 15) is 34.2 Å². The molecule has 1 amide bonds. The molecular weight excluding hydrogens is 349 g/mol. The molecule has 1 saturated heterocycles. The van der Waals surface area contributed by atoms with Gasteiger partial charge in [-0.3, -0.25) is 9.36 Å². The first kappa shape index (κ1) is 18.7. The molecule has 0 bridgehead atoms. The van der Waals surface area contributed by atoms with Crippen molar-refractivity contribution in [2.75, 3.05) is 11.9 Å². The fourth-order valence-corrected chi connectivity index (χ4v) is 2.45. The second-order valence-electron chi connectivity index (χ2n) is 4.97.